The first-order valence-corrected chi connectivity index (χ1v) is 8.06. The van der Waals surface area contributed by atoms with Crippen molar-refractivity contribution in [2.75, 3.05) is 13.6 Å². The van der Waals surface area contributed by atoms with Gasteiger partial charge in [0, 0.05) is 19.6 Å². The minimum absolute atomic E-state index is 0. The van der Waals surface area contributed by atoms with Crippen molar-refractivity contribution in [3.8, 4) is 0 Å². The van der Waals surface area contributed by atoms with Crippen LogP contribution < -0.4 is 16.0 Å². The van der Waals surface area contributed by atoms with Crippen LogP contribution in [0.2, 0.25) is 0 Å². The van der Waals surface area contributed by atoms with Crippen LogP contribution in [-0.2, 0) is 11.3 Å². The normalized spacial score (nSPS) is 15.4. The summed E-state index contributed by atoms with van der Waals surface area (Å²) >= 11 is 0. The van der Waals surface area contributed by atoms with E-state index < -0.39 is 0 Å². The molecule has 1 aromatic rings. The number of rotatable bonds is 5. The van der Waals surface area contributed by atoms with Gasteiger partial charge in [0.15, 0.2) is 5.96 Å². The van der Waals surface area contributed by atoms with Crippen molar-refractivity contribution < 1.29 is 4.79 Å². The van der Waals surface area contributed by atoms with Gasteiger partial charge in [0.05, 0.1) is 6.54 Å². The number of nitrogens with one attached hydrogen (secondary N) is 3. The third-order valence-electron chi connectivity index (χ3n) is 3.91. The van der Waals surface area contributed by atoms with Gasteiger partial charge in [-0.2, -0.15) is 0 Å². The Hall–Kier alpha value is -1.31. The van der Waals surface area contributed by atoms with Crippen molar-refractivity contribution in [2.24, 2.45) is 4.99 Å². The lowest BCUT2D eigenvalue weighted by atomic mass is 9.95. The molecular formula is C17H27IN4O. The molecule has 0 aliphatic heterocycles. The molecule has 5 nitrogen and oxygen atoms in total. The molecule has 1 aliphatic carbocycles. The van der Waals surface area contributed by atoms with E-state index in [1.54, 1.807) is 7.05 Å². The maximum Gasteiger partial charge on any atom is 0.239 e. The minimum atomic E-state index is 0. The van der Waals surface area contributed by atoms with Gasteiger partial charge in [0.1, 0.15) is 0 Å². The highest BCUT2D eigenvalue weighted by molar-refractivity contribution is 14.0. The number of carbonyl (C=O) groups excluding carboxylic acids is 1. The summed E-state index contributed by atoms with van der Waals surface area (Å²) in [7, 11) is 1.71. The fourth-order valence-corrected chi connectivity index (χ4v) is 2.69. The molecule has 1 fully saturated rings. The maximum absolute atomic E-state index is 11.9. The Morgan fingerprint density at radius 2 is 1.83 bits per heavy atom. The average molecular weight is 430 g/mol. The second kappa shape index (κ2) is 11.3. The van der Waals surface area contributed by atoms with Crippen molar-refractivity contribution in [2.45, 2.75) is 44.7 Å². The number of nitrogens with zero attached hydrogens (tertiary/aromatic N) is 1. The van der Waals surface area contributed by atoms with Gasteiger partial charge in [-0.1, -0.05) is 49.6 Å². The van der Waals surface area contributed by atoms with E-state index in [1.807, 2.05) is 18.2 Å². The number of hydrogen-bond donors (Lipinski definition) is 3. The molecule has 6 heteroatoms. The lowest BCUT2D eigenvalue weighted by Crippen LogP contribution is -2.45. The number of guanidine groups is 1. The molecule has 0 radical (unpaired) electrons. The van der Waals surface area contributed by atoms with E-state index in [0.717, 1.165) is 12.8 Å². The highest BCUT2D eigenvalue weighted by Crippen LogP contribution is 2.17. The van der Waals surface area contributed by atoms with E-state index in [1.165, 1.54) is 24.8 Å². The molecular weight excluding hydrogens is 403 g/mol. The van der Waals surface area contributed by atoms with Crippen molar-refractivity contribution in [3.05, 3.63) is 35.9 Å². The smallest absolute Gasteiger partial charge is 0.239 e. The molecule has 0 bridgehead atoms. The summed E-state index contributed by atoms with van der Waals surface area (Å²) in [4.78, 5) is 16.1. The van der Waals surface area contributed by atoms with Gasteiger partial charge in [-0.25, -0.2) is 0 Å². The van der Waals surface area contributed by atoms with Crippen LogP contribution in [0.3, 0.4) is 0 Å². The lowest BCUT2D eigenvalue weighted by molar-refractivity contribution is -0.120. The summed E-state index contributed by atoms with van der Waals surface area (Å²) in [6.07, 6.45) is 5.94. The Bertz CT molecular complexity index is 487. The van der Waals surface area contributed by atoms with Crippen LogP contribution in [0.25, 0.3) is 0 Å². The Morgan fingerprint density at radius 3 is 2.48 bits per heavy atom. The molecule has 23 heavy (non-hydrogen) atoms. The zero-order chi connectivity index (χ0) is 15.6. The van der Waals surface area contributed by atoms with E-state index in [4.69, 9.17) is 0 Å². The van der Waals surface area contributed by atoms with Crippen LogP contribution in [0.4, 0.5) is 0 Å². The van der Waals surface area contributed by atoms with Crippen LogP contribution in [0, 0.1) is 0 Å². The third-order valence-corrected chi connectivity index (χ3v) is 3.91. The monoisotopic (exact) mass is 430 g/mol. The number of hydrogen-bond acceptors (Lipinski definition) is 2. The fraction of sp³-hybridized carbons (Fsp3) is 0.529. The quantitative estimate of drug-likeness (QED) is 0.382. The standard InChI is InChI=1S/C17H26N4O.HI/c1-18-17(19-12-14-8-4-2-5-9-14)20-13-16(22)21-15-10-6-3-7-11-15;/h2,4-5,8-9,15H,3,6-7,10-13H2,1H3,(H,21,22)(H2,18,19,20);1H. The van der Waals surface area contributed by atoms with Crippen LogP contribution in [0.1, 0.15) is 37.7 Å². The first-order valence-electron chi connectivity index (χ1n) is 8.06. The van der Waals surface area contributed by atoms with E-state index in [0.29, 0.717) is 18.5 Å². The van der Waals surface area contributed by atoms with Gasteiger partial charge in [0.25, 0.3) is 0 Å². The fourth-order valence-electron chi connectivity index (χ4n) is 2.69. The van der Waals surface area contributed by atoms with Crippen LogP contribution in [0.15, 0.2) is 35.3 Å². The summed E-state index contributed by atoms with van der Waals surface area (Å²) in [6.45, 7) is 0.940. The predicted octanol–water partition coefficient (Wildman–Crippen LogP) is 2.42. The van der Waals surface area contributed by atoms with E-state index >= 15 is 0 Å². The Kier molecular flexibility index (Phi) is 9.66. The molecule has 0 saturated heterocycles. The predicted molar refractivity (Wildman–Crippen MR) is 105 cm³/mol. The molecule has 3 N–H and O–H groups in total. The molecule has 0 spiro atoms. The second-order valence-corrected chi connectivity index (χ2v) is 5.67. The first-order chi connectivity index (χ1) is 10.8. The van der Waals surface area contributed by atoms with Crippen molar-refractivity contribution >= 4 is 35.8 Å². The lowest BCUT2D eigenvalue weighted by Gasteiger charge is -2.23. The van der Waals surface area contributed by atoms with Crippen molar-refractivity contribution in [1.82, 2.24) is 16.0 Å². The number of aliphatic imine (C=N–C) groups is 1. The van der Waals surface area contributed by atoms with E-state index in [2.05, 4.69) is 33.1 Å². The molecule has 1 aliphatic rings. The minimum Gasteiger partial charge on any atom is -0.352 e. The highest BCUT2D eigenvalue weighted by Gasteiger charge is 2.15. The Balaban J connectivity index is 0.00000264. The van der Waals surface area contributed by atoms with E-state index in [9.17, 15) is 4.79 Å². The molecule has 2 rings (SSSR count). The molecule has 1 amide bonds. The number of halogens is 1. The average Bonchev–Trinajstić information content (AvgIpc) is 2.57. The van der Waals surface area contributed by atoms with Gasteiger partial charge in [-0.3, -0.25) is 9.79 Å². The SMILES string of the molecule is CN=C(NCC(=O)NC1CCCCC1)NCc1ccccc1.I. The zero-order valence-electron chi connectivity index (χ0n) is 13.7. The van der Waals surface area contributed by atoms with Crippen molar-refractivity contribution in [1.29, 1.82) is 0 Å². The first kappa shape index (κ1) is 19.7. The van der Waals surface area contributed by atoms with Crippen LogP contribution >= 0.6 is 24.0 Å². The summed E-state index contributed by atoms with van der Waals surface area (Å²) < 4.78 is 0. The molecule has 1 saturated carbocycles. The number of carbonyl (C=O) groups is 1. The molecule has 0 heterocycles. The third kappa shape index (κ3) is 7.67. The van der Waals surface area contributed by atoms with E-state index in [-0.39, 0.29) is 36.4 Å². The van der Waals surface area contributed by atoms with Crippen molar-refractivity contribution in [3.63, 3.8) is 0 Å². The Labute approximate surface area is 155 Å². The molecule has 0 atom stereocenters. The summed E-state index contributed by atoms with van der Waals surface area (Å²) in [5.74, 6) is 0.678. The topological polar surface area (TPSA) is 65.5 Å². The molecule has 0 unspecified atom stereocenters. The number of amides is 1. The van der Waals surface area contributed by atoms with Gasteiger partial charge >= 0.3 is 0 Å². The second-order valence-electron chi connectivity index (χ2n) is 5.67. The van der Waals surface area contributed by atoms with Crippen LogP contribution in [-0.4, -0.2) is 31.5 Å². The maximum atomic E-state index is 11.9. The van der Waals surface area contributed by atoms with Gasteiger partial charge in [-0.15, -0.1) is 24.0 Å². The van der Waals surface area contributed by atoms with Crippen LogP contribution in [0.5, 0.6) is 0 Å². The van der Waals surface area contributed by atoms with Gasteiger partial charge < -0.3 is 16.0 Å². The van der Waals surface area contributed by atoms with Gasteiger partial charge in [-0.05, 0) is 18.4 Å². The molecule has 0 aromatic heterocycles. The van der Waals surface area contributed by atoms with Gasteiger partial charge in [0.2, 0.25) is 5.91 Å². The summed E-state index contributed by atoms with van der Waals surface area (Å²) in [5, 5.41) is 9.35. The molecule has 128 valence electrons. The Morgan fingerprint density at radius 1 is 1.13 bits per heavy atom. The largest absolute Gasteiger partial charge is 0.352 e. The molecule has 1 aromatic carbocycles. The summed E-state index contributed by atoms with van der Waals surface area (Å²) in [5.41, 5.74) is 1.18. The zero-order valence-corrected chi connectivity index (χ0v) is 16.0. The summed E-state index contributed by atoms with van der Waals surface area (Å²) in [6, 6.07) is 10.5. The highest BCUT2D eigenvalue weighted by atomic mass is 127. The number of benzene rings is 1.